The number of urea groups is 1. The van der Waals surface area contributed by atoms with E-state index in [2.05, 4.69) is 10.6 Å². The van der Waals surface area contributed by atoms with Crippen LogP contribution < -0.4 is 10.6 Å². The van der Waals surface area contributed by atoms with Crippen molar-refractivity contribution in [2.75, 3.05) is 5.32 Å². The summed E-state index contributed by atoms with van der Waals surface area (Å²) in [5, 5.41) is 5.24. The van der Waals surface area contributed by atoms with E-state index in [9.17, 15) is 27.2 Å². The van der Waals surface area contributed by atoms with Crippen molar-refractivity contribution in [3.05, 3.63) is 100 Å². The van der Waals surface area contributed by atoms with E-state index in [4.69, 9.17) is 0 Å². The van der Waals surface area contributed by atoms with Gasteiger partial charge in [-0.25, -0.2) is 9.18 Å². The van der Waals surface area contributed by atoms with Crippen molar-refractivity contribution in [1.82, 2.24) is 10.2 Å². The van der Waals surface area contributed by atoms with Crippen molar-refractivity contribution >= 4 is 17.6 Å². The predicted octanol–water partition coefficient (Wildman–Crippen LogP) is 5.32. The summed E-state index contributed by atoms with van der Waals surface area (Å²) in [6, 6.07) is 15.7. The van der Waals surface area contributed by atoms with E-state index < -0.39 is 23.5 Å². The Bertz CT molecular complexity index is 1170. The third-order valence-electron chi connectivity index (χ3n) is 5.26. The fourth-order valence-electron chi connectivity index (χ4n) is 3.58. The molecular weight excluding hydrogens is 438 g/mol. The first-order chi connectivity index (χ1) is 15.7. The molecule has 0 saturated carbocycles. The second kappa shape index (κ2) is 8.93. The highest BCUT2D eigenvalue weighted by atomic mass is 19.4. The lowest BCUT2D eigenvalue weighted by atomic mass is 10.1. The monoisotopic (exact) mass is 457 g/mol. The number of halogens is 4. The molecule has 0 atom stereocenters. The molecule has 0 spiro atoms. The van der Waals surface area contributed by atoms with E-state index in [1.54, 1.807) is 17.0 Å². The Morgan fingerprint density at radius 2 is 1.55 bits per heavy atom. The molecule has 170 valence electrons. The average Bonchev–Trinajstić information content (AvgIpc) is 3.22. The van der Waals surface area contributed by atoms with Crippen LogP contribution in [0.15, 0.2) is 66.7 Å². The summed E-state index contributed by atoms with van der Waals surface area (Å²) in [6.07, 6.45) is -4.68. The Balaban J connectivity index is 1.33. The molecule has 0 saturated heterocycles. The maximum Gasteiger partial charge on any atom is 0.416 e. The van der Waals surface area contributed by atoms with Crippen LogP contribution in [0.3, 0.4) is 0 Å². The van der Waals surface area contributed by atoms with Crippen molar-refractivity contribution in [3.63, 3.8) is 0 Å². The van der Waals surface area contributed by atoms with E-state index in [0.717, 1.165) is 23.3 Å². The Morgan fingerprint density at radius 1 is 0.909 bits per heavy atom. The number of rotatable bonds is 4. The quantitative estimate of drug-likeness (QED) is 0.521. The van der Waals surface area contributed by atoms with Crippen LogP contribution in [0, 0.1) is 5.82 Å². The number of hydrogen-bond donors (Lipinski definition) is 2. The molecule has 0 unspecified atom stereocenters. The van der Waals surface area contributed by atoms with Crippen LogP contribution in [0.2, 0.25) is 0 Å². The lowest BCUT2D eigenvalue weighted by Crippen LogP contribution is -2.30. The van der Waals surface area contributed by atoms with Gasteiger partial charge in [0.2, 0.25) is 0 Å². The molecule has 4 rings (SSSR count). The Labute approximate surface area is 187 Å². The summed E-state index contributed by atoms with van der Waals surface area (Å²) < 4.78 is 52.0. The summed E-state index contributed by atoms with van der Waals surface area (Å²) in [7, 11) is 0. The third kappa shape index (κ3) is 5.31. The zero-order chi connectivity index (χ0) is 23.6. The van der Waals surface area contributed by atoms with Gasteiger partial charge in [0.05, 0.1) is 5.56 Å². The Morgan fingerprint density at radius 3 is 2.15 bits per heavy atom. The number of nitrogens with one attached hydrogen (secondary N) is 2. The van der Waals surface area contributed by atoms with E-state index in [-0.39, 0.29) is 23.7 Å². The van der Waals surface area contributed by atoms with Gasteiger partial charge in [-0.2, -0.15) is 13.2 Å². The molecule has 1 heterocycles. The molecule has 0 fully saturated rings. The number of amides is 3. The zero-order valence-electron chi connectivity index (χ0n) is 17.2. The number of carbonyl (C=O) groups excluding carboxylic acids is 2. The summed E-state index contributed by atoms with van der Waals surface area (Å²) in [5.41, 5.74) is 1.81. The molecular formula is C24H19F4N3O2. The topological polar surface area (TPSA) is 61.4 Å². The van der Waals surface area contributed by atoms with Gasteiger partial charge in [-0.15, -0.1) is 0 Å². The van der Waals surface area contributed by atoms with Crippen LogP contribution in [0.5, 0.6) is 0 Å². The van der Waals surface area contributed by atoms with Crippen LogP contribution in [0.1, 0.15) is 32.6 Å². The van der Waals surface area contributed by atoms with Crippen molar-refractivity contribution in [2.45, 2.75) is 25.8 Å². The van der Waals surface area contributed by atoms with Crippen molar-refractivity contribution in [3.8, 4) is 0 Å². The number of carbonyl (C=O) groups is 2. The lowest BCUT2D eigenvalue weighted by molar-refractivity contribution is -0.137. The second-order valence-corrected chi connectivity index (χ2v) is 7.66. The van der Waals surface area contributed by atoms with Gasteiger partial charge >= 0.3 is 12.2 Å². The van der Waals surface area contributed by atoms with Crippen molar-refractivity contribution in [2.24, 2.45) is 0 Å². The maximum atomic E-state index is 13.5. The summed E-state index contributed by atoms with van der Waals surface area (Å²) in [6.45, 7) is 0.755. The third-order valence-corrected chi connectivity index (χ3v) is 5.26. The van der Waals surface area contributed by atoms with E-state index in [1.807, 2.05) is 24.3 Å². The molecule has 3 aromatic rings. The smallest absolute Gasteiger partial charge is 0.348 e. The molecule has 2 N–H and O–H groups in total. The van der Waals surface area contributed by atoms with Crippen molar-refractivity contribution in [1.29, 1.82) is 0 Å². The Kier molecular flexibility index (Phi) is 6.04. The van der Waals surface area contributed by atoms with E-state index in [0.29, 0.717) is 24.8 Å². The molecule has 5 nitrogen and oxygen atoms in total. The van der Waals surface area contributed by atoms with Gasteiger partial charge in [-0.05, 0) is 59.2 Å². The number of nitrogens with zero attached hydrogens (tertiary/aromatic N) is 1. The van der Waals surface area contributed by atoms with Crippen LogP contribution >= 0.6 is 0 Å². The molecule has 1 aliphatic rings. The molecule has 1 aliphatic heterocycles. The number of benzene rings is 3. The van der Waals surface area contributed by atoms with Crippen molar-refractivity contribution < 1.29 is 27.2 Å². The van der Waals surface area contributed by atoms with Gasteiger partial charge in [0.15, 0.2) is 0 Å². The minimum Gasteiger partial charge on any atom is -0.348 e. The number of alkyl halides is 3. The first-order valence-corrected chi connectivity index (χ1v) is 10.1. The molecule has 0 aliphatic carbocycles. The highest BCUT2D eigenvalue weighted by molar-refractivity contribution is 5.95. The van der Waals surface area contributed by atoms with Crippen LogP contribution in [-0.4, -0.2) is 16.8 Å². The molecule has 33 heavy (non-hydrogen) atoms. The highest BCUT2D eigenvalue weighted by Gasteiger charge is 2.31. The highest BCUT2D eigenvalue weighted by Crippen LogP contribution is 2.30. The first kappa shape index (κ1) is 22.3. The standard InChI is InChI=1S/C24H19F4N3O2/c25-20-10-15(9-19(11-20)24(26,27)28)12-29-22(32)16-5-7-21(8-6-16)30-23(33)31-13-17-3-1-2-4-18(17)14-31/h1-11H,12-14H2,(H,29,32)(H,30,33). The van der Waals surface area contributed by atoms with Gasteiger partial charge in [0.1, 0.15) is 5.82 Å². The van der Waals surface area contributed by atoms with Crippen LogP contribution in [0.4, 0.5) is 28.0 Å². The number of hydrogen-bond acceptors (Lipinski definition) is 2. The molecule has 0 radical (unpaired) electrons. The molecule has 3 aromatic carbocycles. The average molecular weight is 457 g/mol. The van der Waals surface area contributed by atoms with E-state index >= 15 is 0 Å². The number of fused-ring (bicyclic) bond motifs is 1. The van der Waals surface area contributed by atoms with E-state index in [1.165, 1.54) is 12.1 Å². The lowest BCUT2D eigenvalue weighted by Gasteiger charge is -2.16. The second-order valence-electron chi connectivity index (χ2n) is 7.66. The van der Waals surface area contributed by atoms with Gasteiger partial charge in [-0.1, -0.05) is 24.3 Å². The summed E-state index contributed by atoms with van der Waals surface area (Å²) >= 11 is 0. The Hall–Kier alpha value is -3.88. The van der Waals surface area contributed by atoms with Gasteiger partial charge in [0.25, 0.3) is 5.91 Å². The van der Waals surface area contributed by atoms with Gasteiger partial charge in [-0.3, -0.25) is 4.79 Å². The summed E-state index contributed by atoms with van der Waals surface area (Å²) in [5.74, 6) is -1.57. The number of anilines is 1. The molecule has 0 aromatic heterocycles. The van der Waals surface area contributed by atoms with Crippen LogP contribution in [-0.2, 0) is 25.8 Å². The van der Waals surface area contributed by atoms with Crippen LogP contribution in [0.25, 0.3) is 0 Å². The first-order valence-electron chi connectivity index (χ1n) is 10.1. The minimum atomic E-state index is -4.68. The molecule has 9 heteroatoms. The fourth-order valence-corrected chi connectivity index (χ4v) is 3.58. The minimum absolute atomic E-state index is 0.00818. The maximum absolute atomic E-state index is 13.5. The van der Waals surface area contributed by atoms with Gasteiger partial charge in [0, 0.05) is 30.9 Å². The molecule has 3 amide bonds. The largest absolute Gasteiger partial charge is 0.416 e. The molecule has 0 bridgehead atoms. The summed E-state index contributed by atoms with van der Waals surface area (Å²) in [4.78, 5) is 26.5. The zero-order valence-corrected chi connectivity index (χ0v) is 17.2. The fraction of sp³-hybridized carbons (Fsp3) is 0.167. The normalized spacial score (nSPS) is 12.9. The SMILES string of the molecule is O=C(NCc1cc(F)cc(C(F)(F)F)c1)c1ccc(NC(=O)N2Cc3ccccc3C2)cc1. The van der Waals surface area contributed by atoms with Gasteiger partial charge < -0.3 is 15.5 Å². The predicted molar refractivity (Wildman–Crippen MR) is 114 cm³/mol.